The second kappa shape index (κ2) is 7.20. The second-order valence-electron chi connectivity index (χ2n) is 1.96. The molecule has 0 saturated carbocycles. The average molecular weight is 187 g/mol. The number of hydrogen-bond acceptors (Lipinski definition) is 3. The van der Waals surface area contributed by atoms with Crippen LogP contribution in [0.2, 0.25) is 0 Å². The molecular weight excluding hydrogens is 177 g/mol. The zero-order valence-corrected chi connectivity index (χ0v) is 9.70. The number of carboxylic acid groups (broad SMARTS) is 2. The van der Waals surface area contributed by atoms with Gasteiger partial charge in [-0.25, -0.2) is 0 Å². The molecule has 0 spiro atoms. The van der Waals surface area contributed by atoms with Crippen LogP contribution in [0.5, 0.6) is 0 Å². The quantitative estimate of drug-likeness (QED) is 0.441. The molecule has 0 amide bonds. The van der Waals surface area contributed by atoms with E-state index < -0.39 is 11.9 Å². The summed E-state index contributed by atoms with van der Waals surface area (Å²) in [5.41, 5.74) is 0. The van der Waals surface area contributed by atoms with Crippen LogP contribution in [0.3, 0.4) is 0 Å². The molecule has 0 aromatic rings. The Morgan fingerprint density at radius 2 is 1.55 bits per heavy atom. The molecule has 6 heteroatoms. The van der Waals surface area contributed by atoms with E-state index in [1.807, 2.05) is 0 Å². The van der Waals surface area contributed by atoms with Gasteiger partial charge in [0.05, 0.1) is 13.1 Å². The van der Waals surface area contributed by atoms with Crippen molar-refractivity contribution in [3.8, 4) is 0 Å². The fourth-order valence-corrected chi connectivity index (χ4v) is 0.518. The van der Waals surface area contributed by atoms with Gasteiger partial charge in [-0.1, -0.05) is 0 Å². The first-order chi connectivity index (χ1) is 4.52. The first kappa shape index (κ1) is 14.1. The summed E-state index contributed by atoms with van der Waals surface area (Å²) in [6.07, 6.45) is 0. The van der Waals surface area contributed by atoms with Crippen LogP contribution < -0.4 is 51.4 Å². The second-order valence-corrected chi connectivity index (χ2v) is 1.96. The fraction of sp³-hybridized carbons (Fsp3) is 0.600. The Morgan fingerprint density at radius 3 is 1.73 bits per heavy atom. The first-order valence-electron chi connectivity index (χ1n) is 2.64. The summed E-state index contributed by atoms with van der Waals surface area (Å²) >= 11 is 0. The number of nitrogens with zero attached hydrogens (tertiary/aromatic N) is 1. The molecule has 0 aliphatic heterocycles. The van der Waals surface area contributed by atoms with Crippen molar-refractivity contribution in [1.82, 2.24) is 4.90 Å². The molecule has 11 heavy (non-hydrogen) atoms. The predicted molar refractivity (Wildman–Crippen MR) is 33.9 cm³/mol. The SMILES string of the molecule is CN(CC(=O)O)CC(=O)O.[H-].[K+]. The number of rotatable bonds is 4. The molecule has 0 heterocycles. The Kier molecular flexibility index (Phi) is 9.22. The van der Waals surface area contributed by atoms with Crippen LogP contribution in [0.25, 0.3) is 0 Å². The van der Waals surface area contributed by atoms with Crippen molar-refractivity contribution >= 4 is 11.9 Å². The summed E-state index contributed by atoms with van der Waals surface area (Å²) in [7, 11) is 1.43. The third-order valence-corrected chi connectivity index (χ3v) is 0.810. The van der Waals surface area contributed by atoms with Crippen molar-refractivity contribution in [1.29, 1.82) is 0 Å². The summed E-state index contributed by atoms with van der Waals surface area (Å²) < 4.78 is 0. The normalized spacial score (nSPS) is 8.91. The molecule has 0 aromatic heterocycles. The van der Waals surface area contributed by atoms with Gasteiger partial charge < -0.3 is 11.6 Å². The van der Waals surface area contributed by atoms with Crippen LogP contribution in [-0.4, -0.2) is 47.2 Å². The van der Waals surface area contributed by atoms with E-state index in [2.05, 4.69) is 0 Å². The van der Waals surface area contributed by atoms with Gasteiger partial charge in [0.1, 0.15) is 0 Å². The van der Waals surface area contributed by atoms with Gasteiger partial charge >= 0.3 is 63.3 Å². The number of likely N-dealkylation sites (N-methyl/N-ethyl adjacent to an activating group) is 1. The molecule has 2 N–H and O–H groups in total. The molecule has 0 aromatic carbocycles. The molecule has 0 unspecified atom stereocenters. The number of aliphatic carboxylic acids is 2. The van der Waals surface area contributed by atoms with Crippen molar-refractivity contribution < 1.29 is 72.6 Å². The Labute approximate surface area is 108 Å². The molecule has 0 radical (unpaired) electrons. The summed E-state index contributed by atoms with van der Waals surface area (Å²) in [6, 6.07) is 0. The topological polar surface area (TPSA) is 77.8 Å². The zero-order valence-electron chi connectivity index (χ0n) is 7.57. The van der Waals surface area contributed by atoms with Gasteiger partial charge in [0.2, 0.25) is 0 Å². The summed E-state index contributed by atoms with van der Waals surface area (Å²) in [5.74, 6) is -2.05. The van der Waals surface area contributed by atoms with Crippen LogP contribution in [0, 0.1) is 0 Å². The smallest absolute Gasteiger partial charge is 1.00 e. The van der Waals surface area contributed by atoms with Crippen molar-refractivity contribution in [2.45, 2.75) is 0 Å². The third kappa shape index (κ3) is 10.5. The Bertz CT molecular complexity index is 138. The molecule has 0 aliphatic carbocycles. The van der Waals surface area contributed by atoms with Gasteiger partial charge in [-0.05, 0) is 7.05 Å². The summed E-state index contributed by atoms with van der Waals surface area (Å²) in [6.45, 7) is -0.488. The minimum atomic E-state index is -1.02. The van der Waals surface area contributed by atoms with Gasteiger partial charge in [-0.15, -0.1) is 0 Å². The zero-order chi connectivity index (χ0) is 8.15. The molecule has 0 aliphatic rings. The molecule has 0 saturated heterocycles. The maximum absolute atomic E-state index is 9.96. The fourth-order valence-electron chi connectivity index (χ4n) is 0.518. The number of carboxylic acids is 2. The van der Waals surface area contributed by atoms with E-state index in [1.165, 1.54) is 11.9 Å². The summed E-state index contributed by atoms with van der Waals surface area (Å²) in [5, 5.41) is 16.3. The van der Waals surface area contributed by atoms with Crippen molar-refractivity contribution in [2.24, 2.45) is 0 Å². The molecule has 0 bridgehead atoms. The summed E-state index contributed by atoms with van der Waals surface area (Å²) in [4.78, 5) is 21.1. The van der Waals surface area contributed by atoms with E-state index in [1.54, 1.807) is 0 Å². The molecule has 0 fully saturated rings. The van der Waals surface area contributed by atoms with Crippen LogP contribution >= 0.6 is 0 Å². The molecule has 60 valence electrons. The maximum atomic E-state index is 9.96. The van der Waals surface area contributed by atoms with Crippen molar-refractivity contribution in [3.63, 3.8) is 0 Å². The van der Waals surface area contributed by atoms with E-state index in [4.69, 9.17) is 10.2 Å². The van der Waals surface area contributed by atoms with E-state index in [0.717, 1.165) is 0 Å². The van der Waals surface area contributed by atoms with Gasteiger partial charge in [-0.3, -0.25) is 14.5 Å². The van der Waals surface area contributed by atoms with E-state index in [0.29, 0.717) is 0 Å². The molecule has 5 nitrogen and oxygen atoms in total. The van der Waals surface area contributed by atoms with E-state index in [-0.39, 0.29) is 65.9 Å². The standard InChI is InChI=1S/C5H9NO4.K.H/c1-6(2-4(7)8)3-5(9)10;;/h2-3H2,1H3,(H,7,8)(H,9,10);;/q;+1;-1. The van der Waals surface area contributed by atoms with Gasteiger partial charge in [-0.2, -0.15) is 0 Å². The predicted octanol–water partition coefficient (Wildman–Crippen LogP) is -3.80. The molecule has 0 rings (SSSR count). The van der Waals surface area contributed by atoms with Crippen LogP contribution in [-0.2, 0) is 9.59 Å². The minimum absolute atomic E-state index is 0. The number of hydrogen-bond donors (Lipinski definition) is 2. The Balaban J connectivity index is -0.000000405. The molecular formula is C5H10KNO4. The average Bonchev–Trinajstić information content (AvgIpc) is 1.58. The van der Waals surface area contributed by atoms with Gasteiger partial charge in [0.15, 0.2) is 0 Å². The van der Waals surface area contributed by atoms with Crippen LogP contribution in [0.4, 0.5) is 0 Å². The van der Waals surface area contributed by atoms with Crippen molar-refractivity contribution in [2.75, 3.05) is 20.1 Å². The largest absolute Gasteiger partial charge is 1.00 e. The first-order valence-corrected chi connectivity index (χ1v) is 2.64. The van der Waals surface area contributed by atoms with Crippen LogP contribution in [0.1, 0.15) is 1.43 Å². The minimum Gasteiger partial charge on any atom is -1.00 e. The number of carbonyl (C=O) groups is 2. The molecule has 0 atom stereocenters. The third-order valence-electron chi connectivity index (χ3n) is 0.810. The Morgan fingerprint density at radius 1 is 1.27 bits per heavy atom. The van der Waals surface area contributed by atoms with Gasteiger partial charge in [0.25, 0.3) is 0 Å². The van der Waals surface area contributed by atoms with E-state index in [9.17, 15) is 9.59 Å². The maximum Gasteiger partial charge on any atom is 1.00 e. The van der Waals surface area contributed by atoms with E-state index >= 15 is 0 Å². The monoisotopic (exact) mass is 187 g/mol. The van der Waals surface area contributed by atoms with Gasteiger partial charge in [0, 0.05) is 0 Å². The Hall–Kier alpha value is 0.536. The van der Waals surface area contributed by atoms with Crippen molar-refractivity contribution in [3.05, 3.63) is 0 Å². The van der Waals surface area contributed by atoms with Crippen LogP contribution in [0.15, 0.2) is 0 Å².